The van der Waals surface area contributed by atoms with E-state index in [0.717, 1.165) is 10.4 Å². The SMILES string of the molecule is CC(C)N1CCN(S(=O)(=O)N(Cc2ccc(-c3nnc(C(F)F)o3)cn2)c2ccc(F)c(Cl)c2)CC1. The van der Waals surface area contributed by atoms with Crippen LogP contribution in [0.25, 0.3) is 11.5 Å². The summed E-state index contributed by atoms with van der Waals surface area (Å²) < 4.78 is 74.1. The van der Waals surface area contributed by atoms with Crippen molar-refractivity contribution in [1.82, 2.24) is 24.4 Å². The number of alkyl halides is 2. The Balaban J connectivity index is 1.61. The minimum Gasteiger partial charge on any atom is -0.415 e. The molecule has 0 bridgehead atoms. The molecule has 1 saturated heterocycles. The molecule has 2 aromatic heterocycles. The molecule has 0 atom stereocenters. The third kappa shape index (κ3) is 5.64. The lowest BCUT2D eigenvalue weighted by Crippen LogP contribution is -2.54. The van der Waals surface area contributed by atoms with E-state index in [1.54, 1.807) is 0 Å². The topological polar surface area (TPSA) is 95.7 Å². The second kappa shape index (κ2) is 10.7. The Morgan fingerprint density at radius 2 is 1.83 bits per heavy atom. The van der Waals surface area contributed by atoms with Crippen LogP contribution in [-0.2, 0) is 16.8 Å². The highest BCUT2D eigenvalue weighted by Gasteiger charge is 2.34. The van der Waals surface area contributed by atoms with E-state index >= 15 is 0 Å². The smallest absolute Gasteiger partial charge is 0.314 e. The predicted molar refractivity (Wildman–Crippen MR) is 127 cm³/mol. The summed E-state index contributed by atoms with van der Waals surface area (Å²) in [4.78, 5) is 6.44. The maximum Gasteiger partial charge on any atom is 0.314 e. The number of nitrogens with zero attached hydrogens (tertiary/aromatic N) is 6. The number of halogens is 4. The van der Waals surface area contributed by atoms with E-state index in [9.17, 15) is 21.6 Å². The Morgan fingerprint density at radius 1 is 1.11 bits per heavy atom. The maximum atomic E-state index is 13.8. The first kappa shape index (κ1) is 26.3. The molecule has 0 radical (unpaired) electrons. The Labute approximate surface area is 211 Å². The lowest BCUT2D eigenvalue weighted by molar-refractivity contribution is 0.116. The molecule has 0 saturated carbocycles. The van der Waals surface area contributed by atoms with Crippen LogP contribution in [0, 0.1) is 5.82 Å². The number of aromatic nitrogens is 3. The third-order valence-corrected chi connectivity index (χ3v) is 8.01. The summed E-state index contributed by atoms with van der Waals surface area (Å²) in [5, 5.41) is 6.65. The molecule has 0 unspecified atom stereocenters. The van der Waals surface area contributed by atoms with Gasteiger partial charge in [-0.1, -0.05) is 11.6 Å². The monoisotopic (exact) mass is 544 g/mol. The molecule has 0 N–H and O–H groups in total. The second-order valence-electron chi connectivity index (χ2n) is 8.43. The zero-order valence-electron chi connectivity index (χ0n) is 19.5. The molecule has 3 aromatic rings. The van der Waals surface area contributed by atoms with Gasteiger partial charge in [0.25, 0.3) is 5.89 Å². The Hall–Kier alpha value is -2.74. The fraction of sp³-hybridized carbons (Fsp3) is 0.409. The molecule has 0 aliphatic carbocycles. The minimum absolute atomic E-state index is 0.137. The number of hydrogen-bond donors (Lipinski definition) is 0. The first-order valence-corrected chi connectivity index (χ1v) is 12.9. The van der Waals surface area contributed by atoms with E-state index in [0.29, 0.717) is 43.5 Å². The zero-order valence-corrected chi connectivity index (χ0v) is 21.1. The molecule has 1 aliphatic rings. The van der Waals surface area contributed by atoms with E-state index < -0.39 is 28.3 Å². The molecular formula is C22H24ClF3N6O3S. The van der Waals surface area contributed by atoms with Gasteiger partial charge in [0, 0.05) is 38.4 Å². The van der Waals surface area contributed by atoms with Crippen molar-refractivity contribution in [1.29, 1.82) is 0 Å². The summed E-state index contributed by atoms with van der Waals surface area (Å²) in [5.74, 6) is -1.62. The van der Waals surface area contributed by atoms with Gasteiger partial charge in [-0.25, -0.2) is 4.39 Å². The van der Waals surface area contributed by atoms with Crippen LogP contribution in [0.2, 0.25) is 5.02 Å². The van der Waals surface area contributed by atoms with Crippen LogP contribution in [0.3, 0.4) is 0 Å². The highest BCUT2D eigenvalue weighted by molar-refractivity contribution is 7.90. The number of rotatable bonds is 8. The Kier molecular flexibility index (Phi) is 7.83. The maximum absolute atomic E-state index is 13.8. The van der Waals surface area contributed by atoms with Gasteiger partial charge in [0.05, 0.1) is 28.5 Å². The standard InChI is InChI=1S/C22H24ClF3N6O3S/c1-14(2)30-7-9-31(10-8-30)36(33,34)32(17-5-6-19(24)18(23)11-17)13-16-4-3-15(12-27-16)21-28-29-22(35-21)20(25)26/h3-6,11-12,14,20H,7-10,13H2,1-2H3. The minimum atomic E-state index is -4.03. The van der Waals surface area contributed by atoms with Gasteiger partial charge < -0.3 is 4.42 Å². The van der Waals surface area contributed by atoms with Crippen LogP contribution in [0.5, 0.6) is 0 Å². The highest BCUT2D eigenvalue weighted by Crippen LogP contribution is 2.29. The fourth-order valence-electron chi connectivity index (χ4n) is 3.77. The average molecular weight is 545 g/mol. The van der Waals surface area contributed by atoms with Gasteiger partial charge in [-0.15, -0.1) is 10.2 Å². The van der Waals surface area contributed by atoms with Crippen molar-refractivity contribution in [3.63, 3.8) is 0 Å². The van der Waals surface area contributed by atoms with Crippen LogP contribution >= 0.6 is 11.6 Å². The van der Waals surface area contributed by atoms with Crippen LogP contribution in [0.4, 0.5) is 18.9 Å². The van der Waals surface area contributed by atoms with Crippen molar-refractivity contribution in [2.75, 3.05) is 30.5 Å². The highest BCUT2D eigenvalue weighted by atomic mass is 35.5. The third-order valence-electron chi connectivity index (χ3n) is 5.80. The summed E-state index contributed by atoms with van der Waals surface area (Å²) in [5.41, 5.74) is 0.816. The van der Waals surface area contributed by atoms with E-state index in [4.69, 9.17) is 16.0 Å². The number of pyridine rings is 1. The quantitative estimate of drug-likeness (QED) is 0.420. The molecule has 1 aromatic carbocycles. The van der Waals surface area contributed by atoms with Crippen molar-refractivity contribution in [3.05, 3.63) is 59.0 Å². The van der Waals surface area contributed by atoms with Gasteiger partial charge >= 0.3 is 16.6 Å². The summed E-state index contributed by atoms with van der Waals surface area (Å²) in [7, 11) is -4.03. The van der Waals surface area contributed by atoms with Gasteiger partial charge in [-0.3, -0.25) is 14.2 Å². The molecule has 36 heavy (non-hydrogen) atoms. The van der Waals surface area contributed by atoms with Crippen LogP contribution < -0.4 is 4.31 Å². The van der Waals surface area contributed by atoms with Crippen molar-refractivity contribution in [2.45, 2.75) is 32.9 Å². The summed E-state index contributed by atoms with van der Waals surface area (Å²) >= 11 is 5.95. The lowest BCUT2D eigenvalue weighted by atomic mass is 10.2. The van der Waals surface area contributed by atoms with Crippen LogP contribution in [-0.4, -0.2) is 65.0 Å². The van der Waals surface area contributed by atoms with Crippen molar-refractivity contribution < 1.29 is 26.0 Å². The molecule has 0 spiro atoms. The van der Waals surface area contributed by atoms with E-state index in [2.05, 4.69) is 33.9 Å². The molecule has 0 amide bonds. The molecule has 14 heteroatoms. The molecule has 1 aliphatic heterocycles. The van der Waals surface area contributed by atoms with Gasteiger partial charge in [0.1, 0.15) is 5.82 Å². The first-order valence-electron chi connectivity index (χ1n) is 11.1. The summed E-state index contributed by atoms with van der Waals surface area (Å²) in [6, 6.07) is 7.00. The molecule has 194 valence electrons. The van der Waals surface area contributed by atoms with E-state index in [-0.39, 0.29) is 23.1 Å². The number of piperazine rings is 1. The van der Waals surface area contributed by atoms with Crippen molar-refractivity contribution >= 4 is 27.5 Å². The molecular weight excluding hydrogens is 521 g/mol. The van der Waals surface area contributed by atoms with Gasteiger partial charge in [-0.05, 0) is 44.2 Å². The van der Waals surface area contributed by atoms with Crippen molar-refractivity contribution in [3.8, 4) is 11.5 Å². The second-order valence-corrected chi connectivity index (χ2v) is 10.7. The predicted octanol–water partition coefficient (Wildman–Crippen LogP) is 4.14. The molecule has 3 heterocycles. The average Bonchev–Trinajstić information content (AvgIpc) is 3.35. The van der Waals surface area contributed by atoms with Crippen LogP contribution in [0.1, 0.15) is 31.9 Å². The van der Waals surface area contributed by atoms with Gasteiger partial charge in [-0.2, -0.15) is 21.5 Å². The lowest BCUT2D eigenvalue weighted by Gasteiger charge is -2.38. The first-order chi connectivity index (χ1) is 17.1. The van der Waals surface area contributed by atoms with E-state index in [1.165, 1.54) is 34.8 Å². The van der Waals surface area contributed by atoms with Gasteiger partial charge in [0.2, 0.25) is 5.89 Å². The Bertz CT molecular complexity index is 1300. The molecule has 4 rings (SSSR count). The number of anilines is 1. The van der Waals surface area contributed by atoms with Crippen molar-refractivity contribution in [2.24, 2.45) is 0 Å². The fourth-order valence-corrected chi connectivity index (χ4v) is 5.52. The normalized spacial score (nSPS) is 15.7. The van der Waals surface area contributed by atoms with E-state index in [1.807, 2.05) is 0 Å². The zero-order chi connectivity index (χ0) is 26.0. The number of benzene rings is 1. The molecule has 9 nitrogen and oxygen atoms in total. The largest absolute Gasteiger partial charge is 0.415 e. The Morgan fingerprint density at radius 3 is 2.39 bits per heavy atom. The van der Waals surface area contributed by atoms with Crippen LogP contribution in [0.15, 0.2) is 40.9 Å². The summed E-state index contributed by atoms with van der Waals surface area (Å²) in [6.07, 6.45) is -1.58. The summed E-state index contributed by atoms with van der Waals surface area (Å²) in [6.45, 7) is 5.66. The molecule has 1 fully saturated rings. The van der Waals surface area contributed by atoms with Gasteiger partial charge in [0.15, 0.2) is 0 Å². The number of hydrogen-bond acceptors (Lipinski definition) is 7.